The number of ether oxygens (including phenoxy) is 2. The zero-order valence-electron chi connectivity index (χ0n) is 14.6. The average molecular weight is 294 g/mol. The molecule has 0 aliphatic heterocycles. The third-order valence-electron chi connectivity index (χ3n) is 2.94. The fraction of sp³-hybridized carbons (Fsp3) is 0.684. The highest BCUT2D eigenvalue weighted by atomic mass is 16.5. The van der Waals surface area contributed by atoms with Gasteiger partial charge in [0.25, 0.3) is 0 Å². The molecule has 0 radical (unpaired) electrons. The Morgan fingerprint density at radius 3 is 1.71 bits per heavy atom. The number of allylic oxidation sites excluding steroid dienone is 4. The molecule has 0 aromatic carbocycles. The van der Waals surface area contributed by atoms with Crippen molar-refractivity contribution in [1.82, 2.24) is 0 Å². The summed E-state index contributed by atoms with van der Waals surface area (Å²) in [6.07, 6.45) is 16.4. The van der Waals surface area contributed by atoms with Gasteiger partial charge in [-0.15, -0.1) is 0 Å². The molecule has 0 saturated carbocycles. The Balaban J connectivity index is 4.17. The second kappa shape index (κ2) is 12.6. The van der Waals surface area contributed by atoms with Crippen LogP contribution in [0, 0.1) is 11.3 Å². The van der Waals surface area contributed by atoms with Crippen molar-refractivity contribution < 1.29 is 9.47 Å². The fourth-order valence-electron chi connectivity index (χ4n) is 1.66. The highest BCUT2D eigenvalue weighted by Crippen LogP contribution is 2.19. The molecule has 2 nitrogen and oxygen atoms in total. The van der Waals surface area contributed by atoms with E-state index in [4.69, 9.17) is 9.47 Å². The molecule has 2 heteroatoms. The first-order valence-electron chi connectivity index (χ1n) is 8.22. The predicted molar refractivity (Wildman–Crippen MR) is 92.1 cm³/mol. The van der Waals surface area contributed by atoms with Crippen LogP contribution in [0.4, 0.5) is 0 Å². The van der Waals surface area contributed by atoms with E-state index in [0.29, 0.717) is 5.92 Å². The lowest BCUT2D eigenvalue weighted by Gasteiger charge is -2.16. The van der Waals surface area contributed by atoms with Crippen molar-refractivity contribution in [2.24, 2.45) is 11.3 Å². The first-order valence-corrected chi connectivity index (χ1v) is 8.22. The minimum absolute atomic E-state index is 0.226. The molecule has 0 aromatic rings. The van der Waals surface area contributed by atoms with Gasteiger partial charge in [0.15, 0.2) is 0 Å². The smallest absolute Gasteiger partial charge is 0.0878 e. The van der Waals surface area contributed by atoms with Crippen LogP contribution in [0.5, 0.6) is 0 Å². The Bertz CT molecular complexity index is 288. The SMILES string of the molecule is CCC=COCCC(C=CC(C)(C)C)CCOC=CCC. The van der Waals surface area contributed by atoms with Gasteiger partial charge in [-0.05, 0) is 37.0 Å². The van der Waals surface area contributed by atoms with Crippen molar-refractivity contribution in [3.63, 3.8) is 0 Å². The van der Waals surface area contributed by atoms with E-state index in [0.717, 1.165) is 38.9 Å². The number of hydrogen-bond acceptors (Lipinski definition) is 2. The molecule has 21 heavy (non-hydrogen) atoms. The first kappa shape index (κ1) is 19.8. The van der Waals surface area contributed by atoms with Crippen molar-refractivity contribution in [2.45, 2.75) is 60.3 Å². The topological polar surface area (TPSA) is 18.5 Å². The summed E-state index contributed by atoms with van der Waals surface area (Å²) in [7, 11) is 0. The lowest BCUT2D eigenvalue weighted by Crippen LogP contribution is -2.07. The quantitative estimate of drug-likeness (QED) is 0.270. The molecular formula is C19H34O2. The fourth-order valence-corrected chi connectivity index (χ4v) is 1.66. The average Bonchev–Trinajstić information content (AvgIpc) is 2.42. The van der Waals surface area contributed by atoms with Crippen molar-refractivity contribution in [3.05, 3.63) is 36.8 Å². The molecule has 0 aliphatic carbocycles. The van der Waals surface area contributed by atoms with Crippen molar-refractivity contribution in [3.8, 4) is 0 Å². The van der Waals surface area contributed by atoms with Gasteiger partial charge in [-0.3, -0.25) is 0 Å². The molecule has 0 spiro atoms. The molecule has 0 N–H and O–H groups in total. The molecular weight excluding hydrogens is 260 g/mol. The van der Waals surface area contributed by atoms with E-state index >= 15 is 0 Å². The zero-order chi connectivity index (χ0) is 16.0. The van der Waals surface area contributed by atoms with Crippen LogP contribution in [0.3, 0.4) is 0 Å². The van der Waals surface area contributed by atoms with Gasteiger partial charge in [-0.25, -0.2) is 0 Å². The van der Waals surface area contributed by atoms with Gasteiger partial charge < -0.3 is 9.47 Å². The largest absolute Gasteiger partial charge is 0.502 e. The lowest BCUT2D eigenvalue weighted by atomic mass is 9.92. The first-order chi connectivity index (χ1) is 9.99. The third-order valence-corrected chi connectivity index (χ3v) is 2.94. The highest BCUT2D eigenvalue weighted by molar-refractivity contribution is 4.96. The van der Waals surface area contributed by atoms with E-state index in [1.54, 1.807) is 0 Å². The van der Waals surface area contributed by atoms with Crippen LogP contribution in [0.2, 0.25) is 0 Å². The summed E-state index contributed by atoms with van der Waals surface area (Å²) in [5, 5.41) is 0. The van der Waals surface area contributed by atoms with E-state index in [1.165, 1.54) is 0 Å². The Labute approximate surface area is 131 Å². The molecule has 0 aliphatic rings. The van der Waals surface area contributed by atoms with Crippen LogP contribution in [-0.2, 0) is 9.47 Å². The number of rotatable bonds is 11. The Kier molecular flexibility index (Phi) is 11.8. The maximum absolute atomic E-state index is 5.51. The van der Waals surface area contributed by atoms with Gasteiger partial charge in [0.2, 0.25) is 0 Å². The van der Waals surface area contributed by atoms with E-state index in [9.17, 15) is 0 Å². The van der Waals surface area contributed by atoms with Gasteiger partial charge in [0, 0.05) is 0 Å². The second-order valence-corrected chi connectivity index (χ2v) is 6.36. The molecule has 122 valence electrons. The zero-order valence-corrected chi connectivity index (χ0v) is 14.6. The van der Waals surface area contributed by atoms with Crippen LogP contribution in [-0.4, -0.2) is 13.2 Å². The maximum Gasteiger partial charge on any atom is 0.0878 e. The summed E-state index contributed by atoms with van der Waals surface area (Å²) in [6, 6.07) is 0. The normalized spacial score (nSPS) is 14.3. The van der Waals surface area contributed by atoms with E-state index in [-0.39, 0.29) is 5.41 Å². The van der Waals surface area contributed by atoms with E-state index in [1.807, 2.05) is 24.7 Å². The molecule has 0 saturated heterocycles. The highest BCUT2D eigenvalue weighted by Gasteiger charge is 2.09. The third kappa shape index (κ3) is 15.0. The van der Waals surface area contributed by atoms with Crippen LogP contribution in [0.15, 0.2) is 36.8 Å². The van der Waals surface area contributed by atoms with Crippen LogP contribution < -0.4 is 0 Å². The summed E-state index contributed by atoms with van der Waals surface area (Å²) in [5.41, 5.74) is 0.226. The number of hydrogen-bond donors (Lipinski definition) is 0. The van der Waals surface area contributed by atoms with Gasteiger partial charge in [-0.1, -0.05) is 58.9 Å². The molecule has 0 bridgehead atoms. The standard InChI is InChI=1S/C19H34O2/c1-6-8-14-20-16-11-18(10-13-19(3,4)5)12-17-21-15-9-7-2/h8-10,13-15,18H,6-7,11-12,16-17H2,1-5H3. The van der Waals surface area contributed by atoms with Gasteiger partial charge in [0.1, 0.15) is 0 Å². The monoisotopic (exact) mass is 294 g/mol. The molecule has 0 amide bonds. The Morgan fingerprint density at radius 2 is 1.33 bits per heavy atom. The predicted octanol–water partition coefficient (Wildman–Crippen LogP) is 5.87. The van der Waals surface area contributed by atoms with Gasteiger partial charge >= 0.3 is 0 Å². The Morgan fingerprint density at radius 1 is 0.857 bits per heavy atom. The molecule has 0 fully saturated rings. The van der Waals surface area contributed by atoms with Crippen LogP contribution in [0.25, 0.3) is 0 Å². The second-order valence-electron chi connectivity index (χ2n) is 6.36. The lowest BCUT2D eigenvalue weighted by molar-refractivity contribution is 0.199. The van der Waals surface area contributed by atoms with Crippen molar-refractivity contribution in [1.29, 1.82) is 0 Å². The summed E-state index contributed by atoms with van der Waals surface area (Å²) in [6.45, 7) is 12.4. The van der Waals surface area contributed by atoms with Gasteiger partial charge in [-0.2, -0.15) is 0 Å². The minimum Gasteiger partial charge on any atom is -0.502 e. The van der Waals surface area contributed by atoms with Gasteiger partial charge in [0.05, 0.1) is 25.7 Å². The molecule has 0 rings (SSSR count). The molecule has 0 unspecified atom stereocenters. The Hall–Kier alpha value is -1.18. The summed E-state index contributed by atoms with van der Waals surface area (Å²) >= 11 is 0. The van der Waals surface area contributed by atoms with Crippen LogP contribution >= 0.6 is 0 Å². The minimum atomic E-state index is 0.226. The van der Waals surface area contributed by atoms with E-state index in [2.05, 4.69) is 46.8 Å². The van der Waals surface area contributed by atoms with E-state index < -0.39 is 0 Å². The summed E-state index contributed by atoms with van der Waals surface area (Å²) in [4.78, 5) is 0. The van der Waals surface area contributed by atoms with Crippen molar-refractivity contribution in [2.75, 3.05) is 13.2 Å². The summed E-state index contributed by atoms with van der Waals surface area (Å²) < 4.78 is 11.0. The van der Waals surface area contributed by atoms with Crippen molar-refractivity contribution >= 4 is 0 Å². The molecule has 0 heterocycles. The molecule has 0 atom stereocenters. The maximum atomic E-state index is 5.51. The van der Waals surface area contributed by atoms with Crippen LogP contribution in [0.1, 0.15) is 60.3 Å². The molecule has 0 aromatic heterocycles. The summed E-state index contributed by atoms with van der Waals surface area (Å²) in [5.74, 6) is 0.509.